The molecular formula is C15H13Cl3O2. The van der Waals surface area contributed by atoms with E-state index < -0.39 is 6.10 Å². The monoisotopic (exact) mass is 330 g/mol. The molecular weight excluding hydrogens is 319 g/mol. The SMILES string of the molecule is CC[C@H](O)c1ccccc1Oc1cc(Cl)c(Cl)cc1Cl. The van der Waals surface area contributed by atoms with E-state index in [0.29, 0.717) is 38.6 Å². The van der Waals surface area contributed by atoms with Gasteiger partial charge < -0.3 is 9.84 Å². The number of aliphatic hydroxyl groups is 1. The molecule has 0 fully saturated rings. The average molecular weight is 332 g/mol. The molecule has 20 heavy (non-hydrogen) atoms. The van der Waals surface area contributed by atoms with E-state index >= 15 is 0 Å². The third-order valence-electron chi connectivity index (χ3n) is 2.86. The van der Waals surface area contributed by atoms with Crippen LogP contribution in [0.2, 0.25) is 15.1 Å². The Morgan fingerprint density at radius 3 is 2.35 bits per heavy atom. The van der Waals surface area contributed by atoms with Gasteiger partial charge in [-0.1, -0.05) is 59.9 Å². The third kappa shape index (κ3) is 3.39. The van der Waals surface area contributed by atoms with Gasteiger partial charge in [-0.2, -0.15) is 0 Å². The van der Waals surface area contributed by atoms with Gasteiger partial charge in [0.05, 0.1) is 21.2 Å². The molecule has 2 rings (SSSR count). The molecule has 0 radical (unpaired) electrons. The maximum Gasteiger partial charge on any atom is 0.147 e. The number of rotatable bonds is 4. The summed E-state index contributed by atoms with van der Waals surface area (Å²) in [6.45, 7) is 1.90. The topological polar surface area (TPSA) is 29.5 Å². The van der Waals surface area contributed by atoms with E-state index in [1.165, 1.54) is 6.07 Å². The zero-order valence-corrected chi connectivity index (χ0v) is 13.0. The fourth-order valence-corrected chi connectivity index (χ4v) is 2.35. The summed E-state index contributed by atoms with van der Waals surface area (Å²) in [5.74, 6) is 0.943. The summed E-state index contributed by atoms with van der Waals surface area (Å²) in [6, 6.07) is 10.3. The predicted molar refractivity (Wildman–Crippen MR) is 83.2 cm³/mol. The van der Waals surface area contributed by atoms with Crippen LogP contribution in [0.25, 0.3) is 0 Å². The average Bonchev–Trinajstić information content (AvgIpc) is 2.44. The van der Waals surface area contributed by atoms with Crippen LogP contribution in [0.15, 0.2) is 36.4 Å². The normalized spacial score (nSPS) is 12.2. The van der Waals surface area contributed by atoms with Crippen LogP contribution in [-0.4, -0.2) is 5.11 Å². The standard InChI is InChI=1S/C15H13Cl3O2/c1-2-13(19)9-5-3-4-6-14(9)20-15-8-11(17)10(16)7-12(15)18/h3-8,13,19H,2H2,1H3/t13-/m0/s1. The summed E-state index contributed by atoms with van der Waals surface area (Å²) in [7, 11) is 0. The Morgan fingerprint density at radius 1 is 1.00 bits per heavy atom. The van der Waals surface area contributed by atoms with Crippen molar-refractivity contribution >= 4 is 34.8 Å². The van der Waals surface area contributed by atoms with Gasteiger partial charge >= 0.3 is 0 Å². The lowest BCUT2D eigenvalue weighted by Crippen LogP contribution is -1.98. The number of para-hydroxylation sites is 1. The second-order valence-electron chi connectivity index (χ2n) is 4.26. The molecule has 0 aliphatic carbocycles. The fourth-order valence-electron chi connectivity index (χ4n) is 1.77. The highest BCUT2D eigenvalue weighted by Gasteiger charge is 2.14. The Kier molecular flexibility index (Phi) is 5.17. The zero-order chi connectivity index (χ0) is 14.7. The second kappa shape index (κ2) is 6.68. The number of hydrogen-bond donors (Lipinski definition) is 1. The van der Waals surface area contributed by atoms with Crippen molar-refractivity contribution in [2.45, 2.75) is 19.4 Å². The van der Waals surface area contributed by atoms with Crippen molar-refractivity contribution in [3.63, 3.8) is 0 Å². The molecule has 2 aromatic carbocycles. The molecule has 2 nitrogen and oxygen atoms in total. The Balaban J connectivity index is 2.38. The van der Waals surface area contributed by atoms with E-state index in [1.54, 1.807) is 12.1 Å². The highest BCUT2D eigenvalue weighted by molar-refractivity contribution is 6.43. The first-order valence-corrected chi connectivity index (χ1v) is 7.25. The van der Waals surface area contributed by atoms with Gasteiger partial charge in [0.25, 0.3) is 0 Å². The maximum atomic E-state index is 10.00. The first-order chi connectivity index (χ1) is 9.52. The van der Waals surface area contributed by atoms with Gasteiger partial charge in [0.2, 0.25) is 0 Å². The van der Waals surface area contributed by atoms with Crippen LogP contribution < -0.4 is 4.74 Å². The summed E-state index contributed by atoms with van der Waals surface area (Å²) in [6.07, 6.45) is 0.00269. The predicted octanol–water partition coefficient (Wildman–Crippen LogP) is 5.88. The summed E-state index contributed by atoms with van der Waals surface area (Å²) < 4.78 is 5.76. The molecule has 0 aromatic heterocycles. The minimum atomic E-state index is -0.590. The van der Waals surface area contributed by atoms with E-state index in [1.807, 2.05) is 25.1 Å². The molecule has 0 unspecified atom stereocenters. The minimum Gasteiger partial charge on any atom is -0.455 e. The Morgan fingerprint density at radius 2 is 1.65 bits per heavy atom. The summed E-state index contributed by atoms with van der Waals surface area (Å²) >= 11 is 17.9. The molecule has 1 N–H and O–H groups in total. The first kappa shape index (κ1) is 15.5. The molecule has 0 saturated heterocycles. The van der Waals surface area contributed by atoms with Gasteiger partial charge in [0, 0.05) is 11.6 Å². The van der Waals surface area contributed by atoms with E-state index in [4.69, 9.17) is 39.5 Å². The zero-order valence-electron chi connectivity index (χ0n) is 10.7. The molecule has 106 valence electrons. The molecule has 0 saturated carbocycles. The Bertz CT molecular complexity index is 614. The lowest BCUT2D eigenvalue weighted by molar-refractivity contribution is 0.170. The molecule has 5 heteroatoms. The third-order valence-corrected chi connectivity index (χ3v) is 3.88. The Labute approximate surface area is 132 Å². The number of hydrogen-bond acceptors (Lipinski definition) is 2. The number of ether oxygens (including phenoxy) is 1. The van der Waals surface area contributed by atoms with Crippen molar-refractivity contribution in [3.8, 4) is 11.5 Å². The van der Waals surface area contributed by atoms with Gasteiger partial charge in [-0.3, -0.25) is 0 Å². The molecule has 0 bridgehead atoms. The van der Waals surface area contributed by atoms with E-state index in [-0.39, 0.29) is 0 Å². The summed E-state index contributed by atoms with van der Waals surface area (Å²) in [5, 5.41) is 11.1. The van der Waals surface area contributed by atoms with Gasteiger partial charge in [-0.05, 0) is 18.6 Å². The van der Waals surface area contributed by atoms with Crippen molar-refractivity contribution in [2.24, 2.45) is 0 Å². The minimum absolute atomic E-state index is 0.361. The molecule has 2 aromatic rings. The largest absolute Gasteiger partial charge is 0.455 e. The second-order valence-corrected chi connectivity index (χ2v) is 5.48. The van der Waals surface area contributed by atoms with Crippen LogP contribution in [-0.2, 0) is 0 Å². The number of aliphatic hydroxyl groups excluding tert-OH is 1. The van der Waals surface area contributed by atoms with Gasteiger partial charge in [-0.25, -0.2) is 0 Å². The molecule has 0 spiro atoms. The van der Waals surface area contributed by atoms with Gasteiger partial charge in [-0.15, -0.1) is 0 Å². The van der Waals surface area contributed by atoms with E-state index in [2.05, 4.69) is 0 Å². The maximum absolute atomic E-state index is 10.00. The van der Waals surface area contributed by atoms with E-state index in [0.717, 1.165) is 0 Å². The molecule has 0 heterocycles. The van der Waals surface area contributed by atoms with Crippen molar-refractivity contribution in [3.05, 3.63) is 57.0 Å². The first-order valence-electron chi connectivity index (χ1n) is 6.12. The smallest absolute Gasteiger partial charge is 0.147 e. The van der Waals surface area contributed by atoms with Crippen molar-refractivity contribution in [1.29, 1.82) is 0 Å². The van der Waals surface area contributed by atoms with Crippen LogP contribution in [0.1, 0.15) is 25.0 Å². The molecule has 0 amide bonds. The molecule has 0 aliphatic rings. The highest BCUT2D eigenvalue weighted by Crippen LogP contribution is 2.38. The fraction of sp³-hybridized carbons (Fsp3) is 0.200. The van der Waals surface area contributed by atoms with E-state index in [9.17, 15) is 5.11 Å². The Hall–Kier alpha value is -0.930. The van der Waals surface area contributed by atoms with Gasteiger partial charge in [0.15, 0.2) is 0 Å². The van der Waals surface area contributed by atoms with Crippen LogP contribution in [0.3, 0.4) is 0 Å². The van der Waals surface area contributed by atoms with Gasteiger partial charge in [0.1, 0.15) is 11.5 Å². The van der Waals surface area contributed by atoms with Crippen molar-refractivity contribution in [1.82, 2.24) is 0 Å². The van der Waals surface area contributed by atoms with Crippen LogP contribution in [0.4, 0.5) is 0 Å². The quantitative estimate of drug-likeness (QED) is 0.709. The van der Waals surface area contributed by atoms with Crippen LogP contribution >= 0.6 is 34.8 Å². The number of benzene rings is 2. The summed E-state index contributed by atoms with van der Waals surface area (Å²) in [5.41, 5.74) is 0.706. The highest BCUT2D eigenvalue weighted by atomic mass is 35.5. The lowest BCUT2D eigenvalue weighted by atomic mass is 10.1. The molecule has 1 atom stereocenters. The van der Waals surface area contributed by atoms with Crippen molar-refractivity contribution < 1.29 is 9.84 Å². The van der Waals surface area contributed by atoms with Crippen LogP contribution in [0.5, 0.6) is 11.5 Å². The molecule has 0 aliphatic heterocycles. The van der Waals surface area contributed by atoms with Crippen molar-refractivity contribution in [2.75, 3.05) is 0 Å². The lowest BCUT2D eigenvalue weighted by Gasteiger charge is -2.15. The summed E-state index contributed by atoms with van der Waals surface area (Å²) in [4.78, 5) is 0. The van der Waals surface area contributed by atoms with Crippen LogP contribution in [0, 0.1) is 0 Å². The number of halogens is 3.